The fraction of sp³-hybridized carbons (Fsp3) is 0.417. The van der Waals surface area contributed by atoms with Gasteiger partial charge in [0.2, 0.25) is 34.8 Å². The Hall–Kier alpha value is -3.90. The molecule has 1 N–H and O–H groups in total. The number of benzene rings is 2. The lowest BCUT2D eigenvalue weighted by molar-refractivity contribution is -0.137. The summed E-state index contributed by atoms with van der Waals surface area (Å²) in [5.74, 6) is -15.1. The Kier molecular flexibility index (Phi) is 10.8. The van der Waals surface area contributed by atoms with Crippen molar-refractivity contribution in [2.45, 2.75) is 58.0 Å². The van der Waals surface area contributed by atoms with Gasteiger partial charge in [0.1, 0.15) is 11.6 Å². The van der Waals surface area contributed by atoms with E-state index in [1.807, 2.05) is 0 Å². The molecule has 2 aromatic rings. The van der Waals surface area contributed by atoms with Crippen molar-refractivity contribution >= 4 is 12.1 Å². The zero-order valence-corrected chi connectivity index (χ0v) is 20.6. The van der Waals surface area contributed by atoms with E-state index in [4.69, 9.17) is 15.0 Å². The van der Waals surface area contributed by atoms with E-state index in [1.165, 1.54) is 20.8 Å². The second-order valence-electron chi connectivity index (χ2n) is 8.93. The van der Waals surface area contributed by atoms with Crippen LogP contribution in [0, 0.1) is 29.1 Å². The molecule has 0 aromatic heterocycles. The van der Waals surface area contributed by atoms with E-state index in [0.29, 0.717) is 0 Å². The highest BCUT2D eigenvalue weighted by Gasteiger charge is 2.32. The number of rotatable bonds is 11. The third-order valence-electron chi connectivity index (χ3n) is 4.80. The Morgan fingerprint density at radius 2 is 1.55 bits per heavy atom. The fourth-order valence-electron chi connectivity index (χ4n) is 3.04. The van der Waals surface area contributed by atoms with Crippen molar-refractivity contribution in [3.63, 3.8) is 0 Å². The van der Waals surface area contributed by atoms with Crippen molar-refractivity contribution in [2.75, 3.05) is 6.54 Å². The average molecular weight is 544 g/mol. The number of halogens is 5. The van der Waals surface area contributed by atoms with Crippen LogP contribution < -0.4 is 10.1 Å². The summed E-state index contributed by atoms with van der Waals surface area (Å²) in [6, 6.07) is 7.23. The van der Waals surface area contributed by atoms with E-state index in [0.717, 1.165) is 5.56 Å². The first-order valence-corrected chi connectivity index (χ1v) is 11.2. The standard InChI is InChI=1S/C24H25F5N4O5/c1-24(2,3)38-23(35)32-15(22(34)37-21-19(28)17(26)16(25)18(27)20(21)29)10-9-14(11-31-33-30)36-12-13-7-5-4-6-8-13/h4-8,14-15H,9-12H2,1-3H3,(H,32,35)/t14-,15-/m0/s1. The average Bonchev–Trinajstić information content (AvgIpc) is 2.87. The van der Waals surface area contributed by atoms with Crippen LogP contribution in [0.3, 0.4) is 0 Å². The van der Waals surface area contributed by atoms with Gasteiger partial charge in [0.25, 0.3) is 0 Å². The van der Waals surface area contributed by atoms with Crippen molar-refractivity contribution in [2.24, 2.45) is 5.11 Å². The van der Waals surface area contributed by atoms with Gasteiger partial charge in [-0.3, -0.25) is 0 Å². The SMILES string of the molecule is CC(C)(C)OC(=O)N[C@@H](CC[C@@H](CN=[N+]=[N-])OCc1ccccc1)C(=O)Oc1c(F)c(F)c(F)c(F)c1F. The quantitative estimate of drug-likeness (QED) is 0.0555. The molecule has 0 aliphatic heterocycles. The molecule has 2 rings (SSSR count). The topological polar surface area (TPSA) is 123 Å². The van der Waals surface area contributed by atoms with E-state index >= 15 is 0 Å². The highest BCUT2D eigenvalue weighted by molar-refractivity contribution is 5.83. The van der Waals surface area contributed by atoms with E-state index in [9.17, 15) is 31.5 Å². The first-order chi connectivity index (χ1) is 17.8. The molecular weight excluding hydrogens is 519 g/mol. The molecule has 0 fully saturated rings. The minimum atomic E-state index is -2.43. The molecule has 2 aromatic carbocycles. The molecule has 206 valence electrons. The van der Waals surface area contributed by atoms with Crippen LogP contribution in [-0.2, 0) is 20.9 Å². The second kappa shape index (κ2) is 13.6. The van der Waals surface area contributed by atoms with E-state index < -0.39 is 64.6 Å². The van der Waals surface area contributed by atoms with Crippen molar-refractivity contribution in [3.05, 3.63) is 75.4 Å². The Morgan fingerprint density at radius 3 is 2.11 bits per heavy atom. The number of carbonyl (C=O) groups is 2. The predicted octanol–water partition coefficient (Wildman–Crippen LogP) is 5.86. The molecule has 0 heterocycles. The minimum Gasteiger partial charge on any atom is -0.444 e. The van der Waals surface area contributed by atoms with Gasteiger partial charge in [-0.1, -0.05) is 35.4 Å². The maximum atomic E-state index is 14.0. The largest absolute Gasteiger partial charge is 0.444 e. The number of hydrogen-bond acceptors (Lipinski definition) is 6. The normalized spacial score (nSPS) is 12.7. The number of amides is 1. The van der Waals surface area contributed by atoms with Crippen molar-refractivity contribution in [3.8, 4) is 5.75 Å². The number of nitrogens with one attached hydrogen (secondary N) is 1. The van der Waals surface area contributed by atoms with E-state index in [1.54, 1.807) is 30.3 Å². The predicted molar refractivity (Wildman–Crippen MR) is 123 cm³/mol. The lowest BCUT2D eigenvalue weighted by atomic mass is 10.1. The molecule has 0 bridgehead atoms. The van der Waals surface area contributed by atoms with Gasteiger partial charge >= 0.3 is 12.1 Å². The Bertz CT molecular complexity index is 1160. The Balaban J connectivity index is 2.24. The van der Waals surface area contributed by atoms with Crippen LogP contribution in [0.4, 0.5) is 26.7 Å². The number of ether oxygens (including phenoxy) is 3. The zero-order valence-electron chi connectivity index (χ0n) is 20.6. The van der Waals surface area contributed by atoms with Gasteiger partial charge in [-0.15, -0.1) is 0 Å². The van der Waals surface area contributed by atoms with Crippen LogP contribution in [0.25, 0.3) is 10.4 Å². The monoisotopic (exact) mass is 544 g/mol. The molecule has 14 heteroatoms. The van der Waals surface area contributed by atoms with Crippen molar-refractivity contribution in [1.29, 1.82) is 0 Å². The first kappa shape index (κ1) is 30.3. The molecule has 0 unspecified atom stereocenters. The van der Waals surface area contributed by atoms with E-state index in [2.05, 4.69) is 20.1 Å². The highest BCUT2D eigenvalue weighted by atomic mass is 19.2. The third-order valence-corrected chi connectivity index (χ3v) is 4.80. The third kappa shape index (κ3) is 8.89. The van der Waals surface area contributed by atoms with Gasteiger partial charge in [0.05, 0.1) is 19.3 Å². The first-order valence-electron chi connectivity index (χ1n) is 11.2. The summed E-state index contributed by atoms with van der Waals surface area (Å²) in [5.41, 5.74) is 8.46. The summed E-state index contributed by atoms with van der Waals surface area (Å²) in [6.45, 7) is 4.52. The molecule has 1 amide bonds. The second-order valence-corrected chi connectivity index (χ2v) is 8.93. The molecule has 0 saturated carbocycles. The minimum absolute atomic E-state index is 0.0570. The molecule has 2 atom stereocenters. The molecule has 9 nitrogen and oxygen atoms in total. The maximum absolute atomic E-state index is 14.0. The summed E-state index contributed by atoms with van der Waals surface area (Å²) >= 11 is 0. The summed E-state index contributed by atoms with van der Waals surface area (Å²) in [7, 11) is 0. The van der Waals surface area contributed by atoms with Gasteiger partial charge < -0.3 is 19.5 Å². The van der Waals surface area contributed by atoms with Gasteiger partial charge in [0.15, 0.2) is 0 Å². The summed E-state index contributed by atoms with van der Waals surface area (Å²) in [6.07, 6.45) is -2.27. The van der Waals surface area contributed by atoms with Gasteiger partial charge in [0, 0.05) is 4.91 Å². The van der Waals surface area contributed by atoms with Gasteiger partial charge in [-0.25, -0.2) is 22.8 Å². The van der Waals surface area contributed by atoms with Crippen molar-refractivity contribution in [1.82, 2.24) is 5.32 Å². The van der Waals surface area contributed by atoms with Crippen molar-refractivity contribution < 1.29 is 45.8 Å². The van der Waals surface area contributed by atoms with Crippen LogP contribution in [-0.4, -0.2) is 36.4 Å². The molecule has 0 saturated heterocycles. The van der Waals surface area contributed by atoms with Crippen LogP contribution in [0.2, 0.25) is 0 Å². The van der Waals surface area contributed by atoms with Gasteiger partial charge in [-0.05, 0) is 44.7 Å². The smallest absolute Gasteiger partial charge is 0.408 e. The Morgan fingerprint density at radius 1 is 0.974 bits per heavy atom. The number of carbonyl (C=O) groups excluding carboxylic acids is 2. The summed E-state index contributed by atoms with van der Waals surface area (Å²) < 4.78 is 83.8. The van der Waals surface area contributed by atoms with Crippen LogP contribution in [0.5, 0.6) is 5.75 Å². The van der Waals surface area contributed by atoms with Crippen LogP contribution in [0.1, 0.15) is 39.2 Å². The highest BCUT2D eigenvalue weighted by Crippen LogP contribution is 2.29. The summed E-state index contributed by atoms with van der Waals surface area (Å²) in [5, 5.41) is 5.60. The molecule has 0 radical (unpaired) electrons. The summed E-state index contributed by atoms with van der Waals surface area (Å²) in [4.78, 5) is 27.7. The Labute approximate surface area is 214 Å². The molecule has 38 heavy (non-hydrogen) atoms. The zero-order chi connectivity index (χ0) is 28.5. The lowest BCUT2D eigenvalue weighted by Gasteiger charge is -2.24. The maximum Gasteiger partial charge on any atom is 0.408 e. The van der Waals surface area contributed by atoms with E-state index in [-0.39, 0.29) is 26.0 Å². The number of alkyl carbamates (subject to hydrolysis) is 1. The number of nitrogens with zero attached hydrogens (tertiary/aromatic N) is 3. The van der Waals surface area contributed by atoms with Crippen LogP contribution >= 0.6 is 0 Å². The molecule has 0 spiro atoms. The number of hydrogen-bond donors (Lipinski definition) is 1. The van der Waals surface area contributed by atoms with Crippen LogP contribution in [0.15, 0.2) is 35.4 Å². The number of esters is 1. The molecule has 0 aliphatic rings. The number of azide groups is 1. The van der Waals surface area contributed by atoms with Gasteiger partial charge in [-0.2, -0.15) is 8.78 Å². The lowest BCUT2D eigenvalue weighted by Crippen LogP contribution is -2.45. The molecular formula is C24H25F5N4O5. The molecule has 0 aliphatic carbocycles. The fourth-order valence-corrected chi connectivity index (χ4v) is 3.04.